The van der Waals surface area contributed by atoms with Crippen LogP contribution in [0.15, 0.2) is 18.2 Å². The second kappa shape index (κ2) is 6.45. The summed E-state index contributed by atoms with van der Waals surface area (Å²) in [6, 6.07) is 5.90. The molecular weight excluding hydrogens is 314 g/mol. The molecule has 7 heteroatoms. The molecule has 2 heterocycles. The predicted octanol–water partition coefficient (Wildman–Crippen LogP) is 3.17. The van der Waals surface area contributed by atoms with Crippen molar-refractivity contribution in [3.63, 3.8) is 0 Å². The third kappa shape index (κ3) is 3.33. The van der Waals surface area contributed by atoms with E-state index >= 15 is 0 Å². The van der Waals surface area contributed by atoms with Gasteiger partial charge in [0.25, 0.3) is 0 Å². The molecule has 4 rings (SSSR count). The number of rotatable bonds is 6. The van der Waals surface area contributed by atoms with Crippen molar-refractivity contribution in [3.8, 4) is 5.69 Å². The van der Waals surface area contributed by atoms with Crippen molar-refractivity contribution in [2.24, 2.45) is 0 Å². The first-order valence-electron chi connectivity index (χ1n) is 8.25. The van der Waals surface area contributed by atoms with Gasteiger partial charge in [0, 0.05) is 24.8 Å². The Labute approximate surface area is 140 Å². The number of ether oxygens (including phenoxy) is 1. The molecule has 0 bridgehead atoms. The molecular formula is C16H20ClN5O. The molecule has 1 unspecified atom stereocenters. The smallest absolute Gasteiger partial charge is 0.159 e. The molecule has 1 saturated heterocycles. The number of hydrogen-bond donors (Lipinski definition) is 1. The van der Waals surface area contributed by atoms with E-state index in [4.69, 9.17) is 16.3 Å². The van der Waals surface area contributed by atoms with Gasteiger partial charge < -0.3 is 10.1 Å². The maximum atomic E-state index is 6.36. The van der Waals surface area contributed by atoms with Gasteiger partial charge in [0.1, 0.15) is 0 Å². The summed E-state index contributed by atoms with van der Waals surface area (Å²) in [5.74, 6) is 1.38. The number of benzene rings is 1. The van der Waals surface area contributed by atoms with Crippen molar-refractivity contribution in [1.82, 2.24) is 20.2 Å². The van der Waals surface area contributed by atoms with Crippen LogP contribution in [-0.4, -0.2) is 39.5 Å². The molecule has 23 heavy (non-hydrogen) atoms. The summed E-state index contributed by atoms with van der Waals surface area (Å²) < 4.78 is 7.42. The van der Waals surface area contributed by atoms with Crippen molar-refractivity contribution >= 4 is 17.3 Å². The molecule has 1 atom stereocenters. The molecule has 6 nitrogen and oxygen atoms in total. The average molecular weight is 334 g/mol. The highest BCUT2D eigenvalue weighted by molar-refractivity contribution is 6.32. The Morgan fingerprint density at radius 2 is 2.22 bits per heavy atom. The lowest BCUT2D eigenvalue weighted by atomic mass is 10.2. The van der Waals surface area contributed by atoms with E-state index in [2.05, 4.69) is 20.8 Å². The first-order valence-corrected chi connectivity index (χ1v) is 8.63. The van der Waals surface area contributed by atoms with Crippen LogP contribution in [0.25, 0.3) is 5.69 Å². The number of halogens is 1. The van der Waals surface area contributed by atoms with Crippen LogP contribution in [0.3, 0.4) is 0 Å². The van der Waals surface area contributed by atoms with E-state index in [1.54, 1.807) is 4.68 Å². The minimum absolute atomic E-state index is 0.398. The van der Waals surface area contributed by atoms with Gasteiger partial charge in [0.15, 0.2) is 5.82 Å². The van der Waals surface area contributed by atoms with Gasteiger partial charge >= 0.3 is 0 Å². The van der Waals surface area contributed by atoms with Gasteiger partial charge in [-0.1, -0.05) is 11.6 Å². The minimum atomic E-state index is 0.398. The Hall–Kier alpha value is -1.66. The fraction of sp³-hybridized carbons (Fsp3) is 0.562. The summed E-state index contributed by atoms with van der Waals surface area (Å²) >= 11 is 6.36. The number of hydrogen-bond acceptors (Lipinski definition) is 5. The Morgan fingerprint density at radius 3 is 3.00 bits per heavy atom. The third-order valence-electron chi connectivity index (χ3n) is 4.43. The molecule has 1 N–H and O–H groups in total. The van der Waals surface area contributed by atoms with Crippen molar-refractivity contribution in [1.29, 1.82) is 0 Å². The van der Waals surface area contributed by atoms with E-state index in [-0.39, 0.29) is 0 Å². The van der Waals surface area contributed by atoms with E-state index in [1.807, 2.05) is 18.2 Å². The highest BCUT2D eigenvalue weighted by atomic mass is 35.5. The third-order valence-corrected chi connectivity index (χ3v) is 4.75. The van der Waals surface area contributed by atoms with Gasteiger partial charge in [-0.15, -0.1) is 5.10 Å². The highest BCUT2D eigenvalue weighted by Crippen LogP contribution is 2.39. The van der Waals surface area contributed by atoms with Crippen molar-refractivity contribution in [3.05, 3.63) is 29.0 Å². The zero-order valence-electron chi connectivity index (χ0n) is 12.9. The lowest BCUT2D eigenvalue weighted by Gasteiger charge is -2.13. The Balaban J connectivity index is 1.47. The molecule has 1 aromatic heterocycles. The maximum Gasteiger partial charge on any atom is 0.159 e. The van der Waals surface area contributed by atoms with Crippen LogP contribution in [0.4, 0.5) is 5.69 Å². The molecule has 1 aliphatic carbocycles. The molecule has 2 fully saturated rings. The van der Waals surface area contributed by atoms with Gasteiger partial charge in [-0.25, -0.2) is 0 Å². The van der Waals surface area contributed by atoms with Gasteiger partial charge in [0.05, 0.1) is 16.8 Å². The molecule has 1 aliphatic heterocycles. The number of anilines is 1. The van der Waals surface area contributed by atoms with Crippen molar-refractivity contribution in [2.45, 2.75) is 44.1 Å². The second-order valence-corrected chi connectivity index (χ2v) is 6.65. The van der Waals surface area contributed by atoms with Gasteiger partial charge in [0.2, 0.25) is 0 Å². The van der Waals surface area contributed by atoms with Crippen molar-refractivity contribution < 1.29 is 4.74 Å². The molecule has 1 saturated carbocycles. The monoisotopic (exact) mass is 333 g/mol. The summed E-state index contributed by atoms with van der Waals surface area (Å²) in [6.45, 7) is 1.79. The summed E-state index contributed by atoms with van der Waals surface area (Å²) in [5.41, 5.74) is 1.86. The largest absolute Gasteiger partial charge is 0.385 e. The zero-order chi connectivity index (χ0) is 15.6. The van der Waals surface area contributed by atoms with E-state index in [0.717, 1.165) is 49.6 Å². The lowest BCUT2D eigenvalue weighted by Crippen LogP contribution is -2.12. The summed E-state index contributed by atoms with van der Waals surface area (Å²) in [4.78, 5) is 0. The van der Waals surface area contributed by atoms with E-state index < -0.39 is 0 Å². The van der Waals surface area contributed by atoms with Crippen LogP contribution >= 0.6 is 11.6 Å². The quantitative estimate of drug-likeness (QED) is 0.879. The van der Waals surface area contributed by atoms with E-state index in [1.165, 1.54) is 12.8 Å². The summed E-state index contributed by atoms with van der Waals surface area (Å²) in [5, 5.41) is 16.2. The fourth-order valence-corrected chi connectivity index (χ4v) is 3.19. The van der Waals surface area contributed by atoms with Gasteiger partial charge in [-0.2, -0.15) is 4.68 Å². The molecule has 0 radical (unpaired) electrons. The molecule has 122 valence electrons. The average Bonchev–Trinajstić information content (AvgIpc) is 3.07. The normalized spacial score (nSPS) is 20.8. The highest BCUT2D eigenvalue weighted by Gasteiger charge is 2.30. The molecule has 1 aromatic carbocycles. The van der Waals surface area contributed by atoms with Crippen LogP contribution in [0.5, 0.6) is 0 Å². The first kappa shape index (κ1) is 14.9. The van der Waals surface area contributed by atoms with Gasteiger partial charge in [-0.05, 0) is 60.7 Å². The number of nitrogens with one attached hydrogen (secondary N) is 1. The molecule has 2 aliphatic rings. The fourth-order valence-electron chi connectivity index (χ4n) is 3.00. The predicted molar refractivity (Wildman–Crippen MR) is 88.2 cm³/mol. The number of aromatic nitrogens is 4. The Morgan fingerprint density at radius 1 is 1.30 bits per heavy atom. The standard InChI is InChI=1S/C16H20ClN5O/c17-14-6-5-12(18-8-7-13-2-1-9-23-13)10-15(14)22-16(11-3-4-11)19-20-21-22/h5-6,10-11,13,18H,1-4,7-9H2. The second-order valence-electron chi connectivity index (χ2n) is 6.24. The molecule has 0 spiro atoms. The Bertz CT molecular complexity index is 679. The Kier molecular flexibility index (Phi) is 4.18. The van der Waals surface area contributed by atoms with Gasteiger partial charge in [-0.3, -0.25) is 0 Å². The van der Waals surface area contributed by atoms with Crippen LogP contribution in [-0.2, 0) is 4.74 Å². The number of tetrazole rings is 1. The van der Waals surface area contributed by atoms with Crippen LogP contribution in [0.1, 0.15) is 43.8 Å². The van der Waals surface area contributed by atoms with E-state index in [0.29, 0.717) is 17.0 Å². The zero-order valence-corrected chi connectivity index (χ0v) is 13.7. The van der Waals surface area contributed by atoms with Crippen LogP contribution in [0, 0.1) is 0 Å². The summed E-state index contributed by atoms with van der Waals surface area (Å²) in [6.07, 6.45) is 6.07. The van der Waals surface area contributed by atoms with E-state index in [9.17, 15) is 0 Å². The van der Waals surface area contributed by atoms with Crippen molar-refractivity contribution in [2.75, 3.05) is 18.5 Å². The number of nitrogens with zero attached hydrogens (tertiary/aromatic N) is 4. The van der Waals surface area contributed by atoms with Crippen LogP contribution < -0.4 is 5.32 Å². The molecule has 0 amide bonds. The molecule has 2 aromatic rings. The van der Waals surface area contributed by atoms with Crippen LogP contribution in [0.2, 0.25) is 5.02 Å². The first-order chi connectivity index (χ1) is 11.3. The SMILES string of the molecule is Clc1ccc(NCCC2CCCO2)cc1-n1nnnc1C1CC1. The maximum absolute atomic E-state index is 6.36. The summed E-state index contributed by atoms with van der Waals surface area (Å²) in [7, 11) is 0. The topological polar surface area (TPSA) is 64.9 Å². The minimum Gasteiger partial charge on any atom is -0.385 e. The lowest BCUT2D eigenvalue weighted by molar-refractivity contribution is 0.107.